The van der Waals surface area contributed by atoms with Crippen LogP contribution in [0.1, 0.15) is 15.2 Å². The summed E-state index contributed by atoms with van der Waals surface area (Å²) in [6.07, 6.45) is 1.91. The number of hydrogen-bond donors (Lipinski definition) is 1. The molecular weight excluding hydrogens is 373 g/mol. The zero-order chi connectivity index (χ0) is 18.7. The Labute approximate surface area is 158 Å². The largest absolute Gasteiger partial charge is 0.451 e. The summed E-state index contributed by atoms with van der Waals surface area (Å²) in [7, 11) is 0. The van der Waals surface area contributed by atoms with E-state index < -0.39 is 18.5 Å². The summed E-state index contributed by atoms with van der Waals surface area (Å²) in [6, 6.07) is 12.1. The zero-order valence-electron chi connectivity index (χ0n) is 14.2. The second-order valence-corrected chi connectivity index (χ2v) is 7.39. The van der Waals surface area contributed by atoms with Crippen LogP contribution in [-0.2, 0) is 9.53 Å². The lowest BCUT2D eigenvalue weighted by molar-refractivity contribution is -0.119. The minimum atomic E-state index is -0.628. The molecule has 2 aromatic carbocycles. The molecule has 7 heteroatoms. The number of rotatable bonds is 5. The summed E-state index contributed by atoms with van der Waals surface area (Å²) in [5.41, 5.74) is 1.20. The van der Waals surface area contributed by atoms with Gasteiger partial charge in [0.2, 0.25) is 0 Å². The number of amides is 1. The number of thiophene rings is 1. The lowest BCUT2D eigenvalue weighted by Gasteiger charge is -2.09. The Balaban J connectivity index is 1.68. The molecule has 0 aliphatic carbocycles. The number of para-hydroxylation sites is 1. The molecule has 0 saturated heterocycles. The highest BCUT2D eigenvalue weighted by molar-refractivity contribution is 7.98. The molecule has 0 fully saturated rings. The number of hydrogen-bond acceptors (Lipinski definition) is 5. The van der Waals surface area contributed by atoms with Crippen molar-refractivity contribution in [3.63, 3.8) is 0 Å². The van der Waals surface area contributed by atoms with Crippen molar-refractivity contribution in [2.24, 2.45) is 0 Å². The first-order chi connectivity index (χ1) is 12.5. The lowest BCUT2D eigenvalue weighted by Crippen LogP contribution is -2.21. The Bertz CT molecular complexity index is 984. The molecule has 0 saturated carbocycles. The fourth-order valence-corrected chi connectivity index (χ4v) is 4.25. The summed E-state index contributed by atoms with van der Waals surface area (Å²) < 4.78 is 19.7. The van der Waals surface area contributed by atoms with Gasteiger partial charge in [-0.25, -0.2) is 9.18 Å². The van der Waals surface area contributed by atoms with Crippen LogP contribution < -0.4 is 5.32 Å². The van der Waals surface area contributed by atoms with Crippen LogP contribution in [-0.4, -0.2) is 24.7 Å². The van der Waals surface area contributed by atoms with E-state index >= 15 is 0 Å². The molecule has 134 valence electrons. The van der Waals surface area contributed by atoms with Crippen molar-refractivity contribution in [1.29, 1.82) is 0 Å². The van der Waals surface area contributed by atoms with Crippen molar-refractivity contribution < 1.29 is 18.7 Å². The molecule has 1 N–H and O–H groups in total. The second-order valence-electron chi connectivity index (χ2n) is 5.49. The third kappa shape index (κ3) is 3.73. The van der Waals surface area contributed by atoms with Gasteiger partial charge in [0.1, 0.15) is 10.7 Å². The standard InChI is InChI=1S/C19H16FNO3S2/c1-11-17-12(20)6-5-9-15(17)26-18(11)19(23)24-10-16(22)21-13-7-3-4-8-14(13)25-2/h3-9H,10H2,1-2H3,(H,21,22). The Morgan fingerprint density at radius 3 is 2.69 bits per heavy atom. The van der Waals surface area contributed by atoms with Crippen LogP contribution in [0.5, 0.6) is 0 Å². The van der Waals surface area contributed by atoms with Crippen LogP contribution in [0.2, 0.25) is 0 Å². The van der Waals surface area contributed by atoms with Gasteiger partial charge in [-0.2, -0.15) is 0 Å². The van der Waals surface area contributed by atoms with Gasteiger partial charge in [-0.1, -0.05) is 18.2 Å². The Kier molecular flexibility index (Phi) is 5.58. The molecule has 0 aliphatic heterocycles. The van der Waals surface area contributed by atoms with Gasteiger partial charge in [0.05, 0.1) is 5.69 Å². The molecule has 0 atom stereocenters. The highest BCUT2D eigenvalue weighted by atomic mass is 32.2. The average molecular weight is 389 g/mol. The second kappa shape index (κ2) is 7.88. The number of benzene rings is 2. The summed E-state index contributed by atoms with van der Waals surface area (Å²) >= 11 is 2.67. The maximum atomic E-state index is 13.9. The molecule has 26 heavy (non-hydrogen) atoms. The van der Waals surface area contributed by atoms with Crippen molar-refractivity contribution >= 4 is 50.7 Å². The number of aryl methyl sites for hydroxylation is 1. The van der Waals surface area contributed by atoms with E-state index in [1.54, 1.807) is 25.1 Å². The number of nitrogens with one attached hydrogen (secondary N) is 1. The molecule has 0 spiro atoms. The molecule has 1 aromatic heterocycles. The number of ether oxygens (including phenoxy) is 1. The number of fused-ring (bicyclic) bond motifs is 1. The molecular formula is C19H16FNO3S2. The summed E-state index contributed by atoms with van der Waals surface area (Å²) in [5, 5.41) is 3.14. The first-order valence-corrected chi connectivity index (χ1v) is 9.83. The van der Waals surface area contributed by atoms with Crippen molar-refractivity contribution in [2.75, 3.05) is 18.2 Å². The Hall–Kier alpha value is -2.38. The van der Waals surface area contributed by atoms with Gasteiger partial charge in [0.15, 0.2) is 6.61 Å². The van der Waals surface area contributed by atoms with Crippen LogP contribution in [0, 0.1) is 12.7 Å². The van der Waals surface area contributed by atoms with Gasteiger partial charge in [-0.3, -0.25) is 4.79 Å². The van der Waals surface area contributed by atoms with E-state index in [2.05, 4.69) is 5.32 Å². The van der Waals surface area contributed by atoms with Gasteiger partial charge in [0.25, 0.3) is 5.91 Å². The third-order valence-corrected chi connectivity index (χ3v) is 5.84. The van der Waals surface area contributed by atoms with Crippen LogP contribution in [0.4, 0.5) is 10.1 Å². The molecule has 0 bridgehead atoms. The fraction of sp³-hybridized carbons (Fsp3) is 0.158. The average Bonchev–Trinajstić information content (AvgIpc) is 2.98. The smallest absolute Gasteiger partial charge is 0.349 e. The molecule has 0 radical (unpaired) electrons. The third-order valence-electron chi connectivity index (χ3n) is 3.80. The molecule has 1 heterocycles. The van der Waals surface area contributed by atoms with Gasteiger partial charge in [0, 0.05) is 15.0 Å². The predicted molar refractivity (Wildman–Crippen MR) is 104 cm³/mol. The molecule has 1 amide bonds. The molecule has 0 unspecified atom stereocenters. The van der Waals surface area contributed by atoms with Crippen LogP contribution in [0.15, 0.2) is 47.4 Å². The van der Waals surface area contributed by atoms with E-state index in [-0.39, 0.29) is 5.82 Å². The number of carbonyl (C=O) groups is 2. The van der Waals surface area contributed by atoms with Gasteiger partial charge < -0.3 is 10.1 Å². The maximum Gasteiger partial charge on any atom is 0.349 e. The quantitative estimate of drug-likeness (QED) is 0.500. The van der Waals surface area contributed by atoms with Gasteiger partial charge >= 0.3 is 5.97 Å². The van der Waals surface area contributed by atoms with E-state index in [0.29, 0.717) is 26.2 Å². The van der Waals surface area contributed by atoms with Crippen molar-refractivity contribution in [3.05, 3.63) is 58.7 Å². The first kappa shape index (κ1) is 18.4. The first-order valence-electron chi connectivity index (χ1n) is 7.79. The topological polar surface area (TPSA) is 55.4 Å². The normalized spacial score (nSPS) is 10.7. The zero-order valence-corrected chi connectivity index (χ0v) is 15.8. The van der Waals surface area contributed by atoms with Crippen molar-refractivity contribution in [3.8, 4) is 0 Å². The van der Waals surface area contributed by atoms with E-state index in [4.69, 9.17) is 4.74 Å². The van der Waals surface area contributed by atoms with E-state index in [1.807, 2.05) is 24.5 Å². The lowest BCUT2D eigenvalue weighted by atomic mass is 10.1. The predicted octanol–water partition coefficient (Wildman–Crippen LogP) is 4.87. The minimum Gasteiger partial charge on any atom is -0.451 e. The Morgan fingerprint density at radius 1 is 1.19 bits per heavy atom. The summed E-state index contributed by atoms with van der Waals surface area (Å²) in [6.45, 7) is 1.27. The van der Waals surface area contributed by atoms with Crippen LogP contribution >= 0.6 is 23.1 Å². The van der Waals surface area contributed by atoms with Gasteiger partial charge in [-0.05, 0) is 43.0 Å². The van der Waals surface area contributed by atoms with E-state index in [0.717, 1.165) is 16.2 Å². The molecule has 3 aromatic rings. The highest BCUT2D eigenvalue weighted by Crippen LogP contribution is 2.33. The van der Waals surface area contributed by atoms with Crippen molar-refractivity contribution in [2.45, 2.75) is 11.8 Å². The van der Waals surface area contributed by atoms with Crippen LogP contribution in [0.25, 0.3) is 10.1 Å². The number of esters is 1. The van der Waals surface area contributed by atoms with Crippen LogP contribution in [0.3, 0.4) is 0 Å². The molecule has 3 rings (SSSR count). The number of anilines is 1. The van der Waals surface area contributed by atoms with E-state index in [9.17, 15) is 14.0 Å². The Morgan fingerprint density at radius 2 is 1.96 bits per heavy atom. The van der Waals surface area contributed by atoms with Gasteiger partial charge in [-0.15, -0.1) is 23.1 Å². The number of halogens is 1. The number of thioether (sulfide) groups is 1. The number of carbonyl (C=O) groups excluding carboxylic acids is 2. The minimum absolute atomic E-state index is 0.308. The van der Waals surface area contributed by atoms with E-state index in [1.165, 1.54) is 17.8 Å². The monoisotopic (exact) mass is 389 g/mol. The summed E-state index contributed by atoms with van der Waals surface area (Å²) in [5.74, 6) is -1.43. The molecule has 4 nitrogen and oxygen atoms in total. The van der Waals surface area contributed by atoms with Crippen molar-refractivity contribution in [1.82, 2.24) is 0 Å². The summed E-state index contributed by atoms with van der Waals surface area (Å²) in [4.78, 5) is 25.6. The molecule has 0 aliphatic rings. The SMILES string of the molecule is CSc1ccccc1NC(=O)COC(=O)c1sc2cccc(F)c2c1C. The maximum absolute atomic E-state index is 13.9. The highest BCUT2D eigenvalue weighted by Gasteiger charge is 2.20. The fourth-order valence-electron chi connectivity index (χ4n) is 2.58.